The highest BCUT2D eigenvalue weighted by atomic mass is 35.5. The van der Waals surface area contributed by atoms with Crippen molar-refractivity contribution in [1.82, 2.24) is 14.6 Å². The second kappa shape index (κ2) is 11.4. The molecule has 0 fully saturated rings. The molecule has 2 N–H and O–H groups in total. The minimum atomic E-state index is -1.99. The minimum Gasteiger partial charge on any atom is -0.480 e. The van der Waals surface area contributed by atoms with Crippen LogP contribution in [0.2, 0.25) is 10.0 Å². The molecule has 0 saturated carbocycles. The fraction of sp³-hybridized carbons (Fsp3) is 0.375. The van der Waals surface area contributed by atoms with Crippen molar-refractivity contribution in [3.8, 4) is 0 Å². The fourth-order valence-electron chi connectivity index (χ4n) is 3.86. The molecule has 1 aromatic carbocycles. The maximum absolute atomic E-state index is 12.8. The third kappa shape index (κ3) is 6.44. The molecule has 1 aliphatic rings. The SMILES string of the molecule is CCC[S+](C)(=O)N1CC=C(c2ccc(C[C@H](NC(=O)c3c(Cl)cccc3Cl)C(=O)O)nc2)CC1. The largest absolute Gasteiger partial charge is 0.480 e. The van der Waals surface area contributed by atoms with Gasteiger partial charge in [0.2, 0.25) is 0 Å². The van der Waals surface area contributed by atoms with E-state index in [1.54, 1.807) is 18.3 Å². The van der Waals surface area contributed by atoms with Crippen molar-refractivity contribution in [3.63, 3.8) is 0 Å². The average Bonchev–Trinajstić information content (AvgIpc) is 2.79. The highest BCUT2D eigenvalue weighted by Crippen LogP contribution is 2.26. The predicted molar refractivity (Wildman–Crippen MR) is 137 cm³/mol. The Bertz CT molecular complexity index is 1120. The molecular weight excluding hydrogens is 497 g/mol. The number of hydrogen-bond acceptors (Lipinski definition) is 4. The molecule has 182 valence electrons. The van der Waals surface area contributed by atoms with E-state index in [0.29, 0.717) is 18.0 Å². The highest BCUT2D eigenvalue weighted by Gasteiger charge is 2.31. The molecule has 1 aliphatic heterocycles. The lowest BCUT2D eigenvalue weighted by Crippen LogP contribution is -2.42. The number of amides is 1. The number of nitrogens with zero attached hydrogens (tertiary/aromatic N) is 2. The maximum Gasteiger partial charge on any atom is 0.326 e. The van der Waals surface area contributed by atoms with Crippen LogP contribution in [0.3, 0.4) is 0 Å². The van der Waals surface area contributed by atoms with Gasteiger partial charge in [-0.1, -0.05) is 52.5 Å². The molecule has 2 atom stereocenters. The van der Waals surface area contributed by atoms with Crippen molar-refractivity contribution >= 4 is 50.8 Å². The zero-order chi connectivity index (χ0) is 24.9. The molecule has 1 aromatic heterocycles. The number of benzene rings is 1. The topological polar surface area (TPSA) is 99.6 Å². The van der Waals surface area contributed by atoms with E-state index in [2.05, 4.69) is 16.4 Å². The van der Waals surface area contributed by atoms with Crippen LogP contribution in [-0.2, 0) is 25.5 Å². The van der Waals surface area contributed by atoms with Crippen LogP contribution in [0.4, 0.5) is 0 Å². The molecule has 0 saturated heterocycles. The zero-order valence-corrected chi connectivity index (χ0v) is 21.4. The maximum atomic E-state index is 12.8. The van der Waals surface area contributed by atoms with E-state index in [4.69, 9.17) is 23.2 Å². The number of nitrogens with one attached hydrogen (secondary N) is 1. The van der Waals surface area contributed by atoms with Gasteiger partial charge in [-0.15, -0.1) is 4.31 Å². The van der Waals surface area contributed by atoms with Gasteiger partial charge in [-0.05, 0) is 42.2 Å². The lowest BCUT2D eigenvalue weighted by Gasteiger charge is -2.26. The van der Waals surface area contributed by atoms with Crippen LogP contribution in [0.15, 0.2) is 42.6 Å². The highest BCUT2D eigenvalue weighted by molar-refractivity contribution is 8.00. The normalized spacial score (nSPS) is 16.9. The number of pyridine rings is 1. The quantitative estimate of drug-likeness (QED) is 0.474. The van der Waals surface area contributed by atoms with E-state index in [1.807, 2.05) is 23.6 Å². The van der Waals surface area contributed by atoms with Gasteiger partial charge in [0.15, 0.2) is 10.1 Å². The molecule has 2 aromatic rings. The summed E-state index contributed by atoms with van der Waals surface area (Å²) in [5.74, 6) is -1.16. The predicted octanol–water partition coefficient (Wildman–Crippen LogP) is 4.36. The van der Waals surface area contributed by atoms with Gasteiger partial charge in [-0.3, -0.25) is 9.78 Å². The number of halogens is 2. The second-order valence-electron chi connectivity index (χ2n) is 8.23. The number of carbonyl (C=O) groups excluding carboxylic acids is 1. The van der Waals surface area contributed by atoms with Gasteiger partial charge in [-0.2, -0.15) is 0 Å². The number of aromatic nitrogens is 1. The summed E-state index contributed by atoms with van der Waals surface area (Å²) in [6.45, 7) is 3.39. The van der Waals surface area contributed by atoms with Crippen molar-refractivity contribution < 1.29 is 18.9 Å². The molecule has 10 heteroatoms. The molecule has 7 nitrogen and oxygen atoms in total. The molecule has 0 bridgehead atoms. The first-order valence-electron chi connectivity index (χ1n) is 11.0. The summed E-state index contributed by atoms with van der Waals surface area (Å²) in [6, 6.07) is 7.09. The Balaban J connectivity index is 1.67. The van der Waals surface area contributed by atoms with Crippen LogP contribution in [-0.4, -0.2) is 57.4 Å². The van der Waals surface area contributed by atoms with E-state index < -0.39 is 28.0 Å². The van der Waals surface area contributed by atoms with Crippen LogP contribution < -0.4 is 5.32 Å². The second-order valence-corrected chi connectivity index (χ2v) is 11.9. The van der Waals surface area contributed by atoms with Crippen LogP contribution in [0.1, 0.15) is 41.4 Å². The Kier molecular flexibility index (Phi) is 8.87. The van der Waals surface area contributed by atoms with E-state index in [1.165, 1.54) is 12.1 Å². The van der Waals surface area contributed by atoms with Crippen LogP contribution in [0.5, 0.6) is 0 Å². The van der Waals surface area contributed by atoms with Gasteiger partial charge < -0.3 is 10.4 Å². The first-order chi connectivity index (χ1) is 16.1. The Hall–Kier alpha value is -2.26. The number of carboxylic acid groups (broad SMARTS) is 1. The number of carbonyl (C=O) groups is 2. The lowest BCUT2D eigenvalue weighted by molar-refractivity contribution is -0.139. The third-order valence-corrected chi connectivity index (χ3v) is 8.92. The average molecular weight is 525 g/mol. The Labute approximate surface area is 210 Å². The van der Waals surface area contributed by atoms with E-state index in [9.17, 15) is 18.9 Å². The summed E-state index contributed by atoms with van der Waals surface area (Å²) < 4.78 is 14.8. The smallest absolute Gasteiger partial charge is 0.326 e. The van der Waals surface area contributed by atoms with Crippen LogP contribution in [0.25, 0.3) is 5.57 Å². The van der Waals surface area contributed by atoms with E-state index in [0.717, 1.165) is 30.5 Å². The van der Waals surface area contributed by atoms with Crippen molar-refractivity contribution in [2.75, 3.05) is 25.1 Å². The van der Waals surface area contributed by atoms with Crippen molar-refractivity contribution in [3.05, 3.63) is 69.5 Å². The van der Waals surface area contributed by atoms with Crippen molar-refractivity contribution in [2.45, 2.75) is 32.2 Å². The summed E-state index contributed by atoms with van der Waals surface area (Å²) in [4.78, 5) is 28.8. The van der Waals surface area contributed by atoms with Crippen LogP contribution in [0, 0.1) is 0 Å². The summed E-state index contributed by atoms with van der Waals surface area (Å²) in [5.41, 5.74) is 2.63. The number of hydrogen-bond donors (Lipinski definition) is 2. The first-order valence-corrected chi connectivity index (χ1v) is 13.8. The molecule has 3 rings (SSSR count). The van der Waals surface area contributed by atoms with Gasteiger partial charge >= 0.3 is 5.97 Å². The third-order valence-electron chi connectivity index (χ3n) is 5.70. The number of rotatable bonds is 9. The molecule has 2 heterocycles. The Morgan fingerprint density at radius 3 is 2.47 bits per heavy atom. The fourth-order valence-corrected chi connectivity index (χ4v) is 6.31. The van der Waals surface area contributed by atoms with E-state index in [-0.39, 0.29) is 22.0 Å². The standard InChI is InChI=1S/C24H27Cl2N3O4S/c1-3-13-34(2,33)29-11-9-16(10-12-29)17-7-8-18(27-15-17)14-21(24(31)32)28-23(30)22-19(25)5-4-6-20(22)26/h4-9,15,21H,3,10-14H2,1-2H3,(H-,28,30,31,32)/p+1/t21-,34?/m0/s1. The molecule has 34 heavy (non-hydrogen) atoms. The summed E-state index contributed by atoms with van der Waals surface area (Å²) >= 11 is 12.1. The number of carboxylic acids is 1. The van der Waals surface area contributed by atoms with Crippen molar-refractivity contribution in [2.24, 2.45) is 0 Å². The number of aliphatic carboxylic acids is 1. The first kappa shape index (κ1) is 26.3. The van der Waals surface area contributed by atoms with Gasteiger partial charge in [0.25, 0.3) is 5.91 Å². The van der Waals surface area contributed by atoms with Gasteiger partial charge in [0.1, 0.15) is 18.1 Å². The summed E-state index contributed by atoms with van der Waals surface area (Å²) in [5, 5.41) is 12.4. The Morgan fingerprint density at radius 2 is 1.94 bits per heavy atom. The van der Waals surface area contributed by atoms with Gasteiger partial charge in [-0.25, -0.2) is 4.79 Å². The monoisotopic (exact) mass is 524 g/mol. The summed E-state index contributed by atoms with van der Waals surface area (Å²) in [7, 11) is -1.99. The molecule has 1 unspecified atom stereocenters. The van der Waals surface area contributed by atoms with E-state index >= 15 is 0 Å². The minimum absolute atomic E-state index is 0.00512. The van der Waals surface area contributed by atoms with Crippen LogP contribution >= 0.6 is 23.2 Å². The molecular formula is C24H28Cl2N3O4S+. The Morgan fingerprint density at radius 1 is 1.24 bits per heavy atom. The molecule has 0 spiro atoms. The van der Waals surface area contributed by atoms with Gasteiger partial charge in [0, 0.05) is 24.9 Å². The molecule has 1 amide bonds. The zero-order valence-electron chi connectivity index (χ0n) is 19.1. The molecule has 0 radical (unpaired) electrons. The van der Waals surface area contributed by atoms with Crippen molar-refractivity contribution in [1.29, 1.82) is 0 Å². The lowest BCUT2D eigenvalue weighted by atomic mass is 10.0. The van der Waals surface area contributed by atoms with Gasteiger partial charge in [0.05, 0.1) is 22.2 Å². The summed E-state index contributed by atoms with van der Waals surface area (Å²) in [6.07, 6.45) is 7.26. The molecule has 0 aliphatic carbocycles.